The van der Waals surface area contributed by atoms with Crippen molar-refractivity contribution < 1.29 is 27.8 Å². The van der Waals surface area contributed by atoms with Crippen LogP contribution < -0.4 is 15.6 Å². The third-order valence-electron chi connectivity index (χ3n) is 4.47. The Kier molecular flexibility index (Phi) is 5.32. The normalized spacial score (nSPS) is 11.4. The summed E-state index contributed by atoms with van der Waals surface area (Å²) in [7, 11) is -4.08. The third kappa shape index (κ3) is 3.76. The molecule has 0 spiro atoms. The Morgan fingerprint density at radius 2 is 1.75 bits per heavy atom. The summed E-state index contributed by atoms with van der Waals surface area (Å²) in [4.78, 5) is 24.8. The summed E-state index contributed by atoms with van der Waals surface area (Å²) in [6.45, 7) is 0. The fourth-order valence-corrected chi connectivity index (χ4v) is 4.95. The molecule has 0 bridgehead atoms. The lowest BCUT2D eigenvalue weighted by molar-refractivity contribution is 0.256. The molecule has 0 fully saturated rings. The molecule has 2 heterocycles. The number of hydrogen-bond donors (Lipinski definition) is 4. The molecule has 0 atom stereocenters. The number of thiophene rings is 1. The SMILES string of the molecule is O=C(Nc1ccc(-n2c(O)c(O)c3ccccc3c2=O)c(F)c1)NS(=O)(=O)c1cccs1. The van der Waals surface area contributed by atoms with Gasteiger partial charge in [0.2, 0.25) is 5.88 Å². The minimum atomic E-state index is -4.08. The minimum Gasteiger partial charge on any atom is -0.503 e. The largest absolute Gasteiger partial charge is 0.503 e. The summed E-state index contributed by atoms with van der Waals surface area (Å²) in [5, 5.41) is 24.4. The number of carbonyl (C=O) groups is 1. The van der Waals surface area contributed by atoms with Crippen LogP contribution in [0.15, 0.2) is 69.0 Å². The smallest absolute Gasteiger partial charge is 0.333 e. The molecule has 2 amide bonds. The number of aromatic hydroxyl groups is 2. The van der Waals surface area contributed by atoms with Gasteiger partial charge >= 0.3 is 6.03 Å². The van der Waals surface area contributed by atoms with Crippen molar-refractivity contribution >= 4 is 43.9 Å². The standard InChI is InChI=1S/C20H14FN3O6S2/c21-14-10-11(22-20(28)23-32(29,30)16-6-3-9-31-16)7-8-15(14)24-18(26)13-5-2-1-4-12(13)17(25)19(24)27/h1-10,25,27H,(H2,22,23,28). The molecule has 0 saturated heterocycles. The minimum absolute atomic E-state index is 0.0579. The maximum Gasteiger partial charge on any atom is 0.333 e. The number of nitrogens with zero attached hydrogens (tertiary/aromatic N) is 1. The van der Waals surface area contributed by atoms with Gasteiger partial charge in [-0.2, -0.15) is 0 Å². The number of nitrogens with one attached hydrogen (secondary N) is 2. The number of sulfonamides is 1. The Bertz CT molecular complexity index is 1510. The monoisotopic (exact) mass is 475 g/mol. The van der Waals surface area contributed by atoms with Crippen LogP contribution in [0.5, 0.6) is 11.6 Å². The summed E-state index contributed by atoms with van der Waals surface area (Å²) in [6.07, 6.45) is 0. The molecule has 0 radical (unpaired) electrons. The van der Waals surface area contributed by atoms with Crippen LogP contribution in [0.25, 0.3) is 16.5 Å². The highest BCUT2D eigenvalue weighted by atomic mass is 32.2. The number of urea groups is 1. The molecule has 9 nitrogen and oxygen atoms in total. The average Bonchev–Trinajstić information content (AvgIpc) is 3.29. The molecular weight excluding hydrogens is 461 g/mol. The van der Waals surface area contributed by atoms with Gasteiger partial charge in [-0.15, -0.1) is 11.3 Å². The van der Waals surface area contributed by atoms with Crippen molar-refractivity contribution in [3.63, 3.8) is 0 Å². The van der Waals surface area contributed by atoms with Crippen molar-refractivity contribution in [3.8, 4) is 17.3 Å². The van der Waals surface area contributed by atoms with Gasteiger partial charge in [-0.1, -0.05) is 24.3 Å². The lowest BCUT2D eigenvalue weighted by atomic mass is 10.1. The van der Waals surface area contributed by atoms with E-state index >= 15 is 0 Å². The average molecular weight is 475 g/mol. The Morgan fingerprint density at radius 3 is 2.41 bits per heavy atom. The predicted molar refractivity (Wildman–Crippen MR) is 116 cm³/mol. The first-order chi connectivity index (χ1) is 15.2. The summed E-state index contributed by atoms with van der Waals surface area (Å²) >= 11 is 0.918. The van der Waals surface area contributed by atoms with E-state index in [0.717, 1.165) is 23.5 Å². The van der Waals surface area contributed by atoms with E-state index in [9.17, 15) is 32.6 Å². The van der Waals surface area contributed by atoms with E-state index in [0.29, 0.717) is 4.57 Å². The van der Waals surface area contributed by atoms with Crippen molar-refractivity contribution in [3.05, 3.63) is 76.1 Å². The molecule has 4 N–H and O–H groups in total. The van der Waals surface area contributed by atoms with E-state index < -0.39 is 39.1 Å². The highest BCUT2D eigenvalue weighted by Gasteiger charge is 2.21. The van der Waals surface area contributed by atoms with Crippen molar-refractivity contribution in [1.29, 1.82) is 0 Å². The van der Waals surface area contributed by atoms with Crippen molar-refractivity contribution in [2.75, 3.05) is 5.32 Å². The molecule has 4 aromatic rings. The summed E-state index contributed by atoms with van der Waals surface area (Å²) in [5.41, 5.74) is -1.26. The number of rotatable bonds is 4. The second kappa shape index (κ2) is 7.98. The Labute approximate surface area is 184 Å². The van der Waals surface area contributed by atoms with E-state index in [1.165, 1.54) is 35.7 Å². The van der Waals surface area contributed by atoms with Crippen LogP contribution >= 0.6 is 11.3 Å². The fraction of sp³-hybridized carbons (Fsp3) is 0. The topological polar surface area (TPSA) is 138 Å². The van der Waals surface area contributed by atoms with Gasteiger partial charge < -0.3 is 15.5 Å². The van der Waals surface area contributed by atoms with Crippen LogP contribution in [0.2, 0.25) is 0 Å². The Hall–Kier alpha value is -3.90. The lowest BCUT2D eigenvalue weighted by Crippen LogP contribution is -2.34. The van der Waals surface area contributed by atoms with Crippen molar-refractivity contribution in [2.45, 2.75) is 4.21 Å². The molecule has 2 aromatic heterocycles. The number of halogens is 1. The van der Waals surface area contributed by atoms with Crippen LogP contribution in [0, 0.1) is 5.82 Å². The molecule has 0 aliphatic heterocycles. The number of pyridine rings is 1. The number of aromatic nitrogens is 1. The first kappa shape index (κ1) is 21.3. The van der Waals surface area contributed by atoms with Gasteiger partial charge in [0.1, 0.15) is 10.0 Å². The molecular formula is C20H14FN3O6S2. The highest BCUT2D eigenvalue weighted by Crippen LogP contribution is 2.33. The van der Waals surface area contributed by atoms with Gasteiger partial charge in [0.05, 0.1) is 11.1 Å². The number of benzene rings is 2. The predicted octanol–water partition coefficient (Wildman–Crippen LogP) is 3.11. The molecule has 0 saturated carbocycles. The Morgan fingerprint density at radius 1 is 1.03 bits per heavy atom. The maximum absolute atomic E-state index is 14.8. The molecule has 2 aromatic carbocycles. The fourth-order valence-electron chi connectivity index (χ4n) is 3.05. The number of hydrogen-bond acceptors (Lipinski definition) is 7. The first-order valence-electron chi connectivity index (χ1n) is 8.92. The van der Waals surface area contributed by atoms with Gasteiger partial charge in [0, 0.05) is 11.1 Å². The van der Waals surface area contributed by atoms with Crippen molar-refractivity contribution in [1.82, 2.24) is 9.29 Å². The quantitative estimate of drug-likeness (QED) is 0.358. The third-order valence-corrected chi connectivity index (χ3v) is 7.20. The van der Waals surface area contributed by atoms with Gasteiger partial charge in [-0.3, -0.25) is 4.79 Å². The van der Waals surface area contributed by atoms with Gasteiger partial charge in [-0.05, 0) is 35.7 Å². The molecule has 164 valence electrons. The van der Waals surface area contributed by atoms with E-state index in [1.54, 1.807) is 16.9 Å². The van der Waals surface area contributed by atoms with Crippen LogP contribution in [-0.4, -0.2) is 29.2 Å². The summed E-state index contributed by atoms with van der Waals surface area (Å²) < 4.78 is 41.3. The zero-order valence-electron chi connectivity index (χ0n) is 15.9. The van der Waals surface area contributed by atoms with E-state index in [2.05, 4.69) is 5.32 Å². The van der Waals surface area contributed by atoms with Crippen molar-refractivity contribution in [2.24, 2.45) is 0 Å². The maximum atomic E-state index is 14.8. The molecule has 0 unspecified atom stereocenters. The molecule has 0 aliphatic rings. The highest BCUT2D eigenvalue weighted by molar-refractivity contribution is 7.92. The molecule has 4 rings (SSSR count). The second-order valence-corrected chi connectivity index (χ2v) is 9.37. The lowest BCUT2D eigenvalue weighted by Gasteiger charge is -2.14. The van der Waals surface area contributed by atoms with Crippen LogP contribution in [0.1, 0.15) is 0 Å². The number of amides is 2. The summed E-state index contributed by atoms with van der Waals surface area (Å²) in [6, 6.07) is 10.8. The van der Waals surface area contributed by atoms with E-state index in [1.807, 2.05) is 0 Å². The van der Waals surface area contributed by atoms with Gasteiger partial charge in [-0.25, -0.2) is 26.9 Å². The van der Waals surface area contributed by atoms with Crippen LogP contribution in [0.4, 0.5) is 14.9 Å². The first-order valence-corrected chi connectivity index (χ1v) is 11.3. The molecule has 0 aliphatic carbocycles. The zero-order chi connectivity index (χ0) is 23.0. The molecule has 12 heteroatoms. The number of anilines is 1. The summed E-state index contributed by atoms with van der Waals surface area (Å²) in [5.74, 6) is -2.47. The van der Waals surface area contributed by atoms with Gasteiger partial charge in [0.15, 0.2) is 5.75 Å². The van der Waals surface area contributed by atoms with Crippen LogP contribution in [-0.2, 0) is 10.0 Å². The van der Waals surface area contributed by atoms with E-state index in [4.69, 9.17) is 0 Å². The Balaban J connectivity index is 1.65. The zero-order valence-corrected chi connectivity index (χ0v) is 17.6. The van der Waals surface area contributed by atoms with E-state index in [-0.39, 0.29) is 26.4 Å². The molecule has 32 heavy (non-hydrogen) atoms. The van der Waals surface area contributed by atoms with Gasteiger partial charge in [0.25, 0.3) is 15.6 Å². The number of carbonyl (C=O) groups excluding carboxylic acids is 1. The number of fused-ring (bicyclic) bond motifs is 1. The second-order valence-electron chi connectivity index (χ2n) is 6.52. The van der Waals surface area contributed by atoms with Crippen LogP contribution in [0.3, 0.4) is 0 Å².